The van der Waals surface area contributed by atoms with Crippen molar-refractivity contribution in [1.82, 2.24) is 15.5 Å². The van der Waals surface area contributed by atoms with E-state index >= 15 is 0 Å². The lowest BCUT2D eigenvalue weighted by molar-refractivity contribution is -0.137. The molecule has 102 valence electrons. The number of likely N-dealkylation sites (tertiary alicyclic amines) is 1. The largest absolute Gasteiger partial charge is 0.359 e. The van der Waals surface area contributed by atoms with E-state index in [9.17, 15) is 9.59 Å². The van der Waals surface area contributed by atoms with E-state index in [0.29, 0.717) is 13.1 Å². The molecule has 2 aliphatic heterocycles. The number of carbonyl (C=O) groups excluding carboxylic acids is 2. The van der Waals surface area contributed by atoms with Crippen LogP contribution in [0.15, 0.2) is 0 Å². The molecule has 0 aromatic carbocycles. The van der Waals surface area contributed by atoms with Gasteiger partial charge in [-0.3, -0.25) is 9.59 Å². The van der Waals surface area contributed by atoms with Crippen molar-refractivity contribution in [3.05, 3.63) is 0 Å². The Morgan fingerprint density at radius 3 is 2.56 bits per heavy atom. The Morgan fingerprint density at radius 2 is 2.00 bits per heavy atom. The predicted molar refractivity (Wildman–Crippen MR) is 69.0 cm³/mol. The minimum atomic E-state index is -0.431. The first-order valence-electron chi connectivity index (χ1n) is 6.68. The van der Waals surface area contributed by atoms with Crippen LogP contribution in [-0.4, -0.2) is 48.9 Å². The highest BCUT2D eigenvalue weighted by molar-refractivity contribution is 5.89. The Hall–Kier alpha value is -1.10. The lowest BCUT2D eigenvalue weighted by Crippen LogP contribution is -2.53. The quantitative estimate of drug-likeness (QED) is 0.734. The minimum absolute atomic E-state index is 0.0299. The predicted octanol–water partition coefficient (Wildman–Crippen LogP) is 0.113. The van der Waals surface area contributed by atoms with Crippen LogP contribution in [0.1, 0.15) is 33.1 Å². The number of nitrogens with zero attached hydrogens (tertiary/aromatic N) is 1. The molecule has 0 saturated carbocycles. The Morgan fingerprint density at radius 1 is 1.28 bits per heavy atom. The van der Waals surface area contributed by atoms with E-state index < -0.39 is 11.0 Å². The summed E-state index contributed by atoms with van der Waals surface area (Å²) < 4.78 is 0. The molecule has 0 aromatic heterocycles. The summed E-state index contributed by atoms with van der Waals surface area (Å²) in [5, 5.41) is 5.98. The number of hydrogen-bond acceptors (Lipinski definition) is 3. The SMILES string of the molecule is CNC(=O)C1(C)CCN(C(=O)C2(C)CCCN2)C1. The first-order valence-corrected chi connectivity index (χ1v) is 6.68. The Kier molecular flexibility index (Phi) is 3.36. The van der Waals surface area contributed by atoms with Gasteiger partial charge >= 0.3 is 0 Å². The van der Waals surface area contributed by atoms with Crippen LogP contribution in [0, 0.1) is 5.41 Å². The van der Waals surface area contributed by atoms with E-state index in [-0.39, 0.29) is 11.8 Å². The van der Waals surface area contributed by atoms with Gasteiger partial charge in [0, 0.05) is 20.1 Å². The number of carbonyl (C=O) groups is 2. The molecule has 5 heteroatoms. The molecule has 0 aliphatic carbocycles. The normalized spacial score (nSPS) is 35.8. The van der Waals surface area contributed by atoms with Crippen molar-refractivity contribution in [3.63, 3.8) is 0 Å². The maximum atomic E-state index is 12.5. The van der Waals surface area contributed by atoms with Crippen LogP contribution in [0.2, 0.25) is 0 Å². The summed E-state index contributed by atoms with van der Waals surface area (Å²) in [5.74, 6) is 0.176. The number of hydrogen-bond donors (Lipinski definition) is 2. The third-order valence-electron chi connectivity index (χ3n) is 4.38. The van der Waals surface area contributed by atoms with Crippen LogP contribution in [-0.2, 0) is 9.59 Å². The topological polar surface area (TPSA) is 61.4 Å². The van der Waals surface area contributed by atoms with Gasteiger partial charge in [0.25, 0.3) is 0 Å². The fourth-order valence-electron chi connectivity index (χ4n) is 3.05. The van der Waals surface area contributed by atoms with Gasteiger partial charge in [-0.25, -0.2) is 0 Å². The highest BCUT2D eigenvalue weighted by Gasteiger charge is 2.46. The van der Waals surface area contributed by atoms with E-state index in [4.69, 9.17) is 0 Å². The summed E-state index contributed by atoms with van der Waals surface area (Å²) >= 11 is 0. The average molecular weight is 253 g/mol. The molecule has 0 aromatic rings. The van der Waals surface area contributed by atoms with Crippen LogP contribution in [0.25, 0.3) is 0 Å². The van der Waals surface area contributed by atoms with E-state index in [2.05, 4.69) is 10.6 Å². The summed E-state index contributed by atoms with van der Waals surface area (Å²) in [4.78, 5) is 26.2. The Bertz CT molecular complexity index is 363. The zero-order chi connectivity index (χ0) is 13.4. The molecular formula is C13H23N3O2. The van der Waals surface area contributed by atoms with Crippen molar-refractivity contribution in [2.75, 3.05) is 26.7 Å². The highest BCUT2D eigenvalue weighted by atomic mass is 16.2. The second kappa shape index (κ2) is 4.53. The molecule has 2 unspecified atom stereocenters. The van der Waals surface area contributed by atoms with Gasteiger partial charge in [-0.15, -0.1) is 0 Å². The summed E-state index contributed by atoms with van der Waals surface area (Å²) in [6.07, 6.45) is 2.68. The number of nitrogens with one attached hydrogen (secondary N) is 2. The molecule has 0 spiro atoms. The first-order chi connectivity index (χ1) is 8.41. The third-order valence-corrected chi connectivity index (χ3v) is 4.38. The molecule has 2 N–H and O–H groups in total. The standard InChI is InChI=1S/C13H23N3O2/c1-12(10(17)14-3)6-8-16(9-12)11(18)13(2)5-4-7-15-13/h15H,4-9H2,1-3H3,(H,14,17). The number of rotatable bonds is 2. The van der Waals surface area contributed by atoms with Gasteiger partial charge in [0.05, 0.1) is 11.0 Å². The second-order valence-electron chi connectivity index (χ2n) is 5.98. The highest BCUT2D eigenvalue weighted by Crippen LogP contribution is 2.32. The molecular weight excluding hydrogens is 230 g/mol. The first kappa shape index (κ1) is 13.3. The maximum absolute atomic E-state index is 12.5. The van der Waals surface area contributed by atoms with Gasteiger partial charge in [-0.05, 0) is 39.7 Å². The fraction of sp³-hybridized carbons (Fsp3) is 0.846. The van der Waals surface area contributed by atoms with Crippen LogP contribution >= 0.6 is 0 Å². The van der Waals surface area contributed by atoms with Gasteiger partial charge in [-0.2, -0.15) is 0 Å². The monoisotopic (exact) mass is 253 g/mol. The van der Waals surface area contributed by atoms with Gasteiger partial charge in [0.2, 0.25) is 11.8 Å². The van der Waals surface area contributed by atoms with E-state index in [1.807, 2.05) is 18.7 Å². The van der Waals surface area contributed by atoms with Crippen molar-refractivity contribution in [3.8, 4) is 0 Å². The number of amides is 2. The van der Waals surface area contributed by atoms with Crippen LogP contribution in [0.4, 0.5) is 0 Å². The zero-order valence-electron chi connectivity index (χ0n) is 11.5. The summed E-state index contributed by atoms with van der Waals surface area (Å²) in [6, 6.07) is 0. The molecule has 0 bridgehead atoms. The van der Waals surface area contributed by atoms with Crippen molar-refractivity contribution in [1.29, 1.82) is 0 Å². The zero-order valence-corrected chi connectivity index (χ0v) is 11.5. The minimum Gasteiger partial charge on any atom is -0.359 e. The van der Waals surface area contributed by atoms with Crippen molar-refractivity contribution in [2.45, 2.75) is 38.6 Å². The van der Waals surface area contributed by atoms with Crippen molar-refractivity contribution >= 4 is 11.8 Å². The van der Waals surface area contributed by atoms with E-state index in [1.165, 1.54) is 0 Å². The molecule has 5 nitrogen and oxygen atoms in total. The molecule has 0 radical (unpaired) electrons. The summed E-state index contributed by atoms with van der Waals surface area (Å²) in [6.45, 7) is 6.02. The molecule has 2 heterocycles. The molecule has 2 amide bonds. The van der Waals surface area contributed by atoms with Crippen LogP contribution < -0.4 is 10.6 Å². The van der Waals surface area contributed by atoms with Gasteiger partial charge in [0.1, 0.15) is 0 Å². The Labute approximate surface area is 108 Å². The smallest absolute Gasteiger partial charge is 0.242 e. The molecule has 18 heavy (non-hydrogen) atoms. The average Bonchev–Trinajstić information content (AvgIpc) is 2.96. The van der Waals surface area contributed by atoms with E-state index in [0.717, 1.165) is 25.8 Å². The Balaban J connectivity index is 2.05. The molecule has 2 aliphatic rings. The molecule has 2 rings (SSSR count). The fourth-order valence-corrected chi connectivity index (χ4v) is 3.05. The van der Waals surface area contributed by atoms with Crippen LogP contribution in [0.5, 0.6) is 0 Å². The summed E-state index contributed by atoms with van der Waals surface area (Å²) in [7, 11) is 1.65. The molecule has 2 fully saturated rings. The molecule has 2 atom stereocenters. The summed E-state index contributed by atoms with van der Waals surface area (Å²) in [5.41, 5.74) is -0.854. The second-order valence-corrected chi connectivity index (χ2v) is 5.98. The third kappa shape index (κ3) is 2.11. The van der Waals surface area contributed by atoms with Gasteiger partial charge in [0.15, 0.2) is 0 Å². The maximum Gasteiger partial charge on any atom is 0.242 e. The lowest BCUT2D eigenvalue weighted by Gasteiger charge is -2.30. The van der Waals surface area contributed by atoms with Gasteiger partial charge < -0.3 is 15.5 Å². The molecule has 2 saturated heterocycles. The lowest BCUT2D eigenvalue weighted by atomic mass is 9.89. The van der Waals surface area contributed by atoms with Crippen molar-refractivity contribution < 1.29 is 9.59 Å². The van der Waals surface area contributed by atoms with Gasteiger partial charge in [-0.1, -0.05) is 0 Å². The van der Waals surface area contributed by atoms with Crippen LogP contribution in [0.3, 0.4) is 0 Å². The van der Waals surface area contributed by atoms with Crippen molar-refractivity contribution in [2.24, 2.45) is 5.41 Å². The van der Waals surface area contributed by atoms with E-state index in [1.54, 1.807) is 7.05 Å².